The molecule has 13 heteroatoms. The van der Waals surface area contributed by atoms with Crippen molar-refractivity contribution in [2.45, 2.75) is 46.4 Å². The maximum absolute atomic E-state index is 11.5. The third-order valence-electron chi connectivity index (χ3n) is 3.85. The number of anilines is 1. The monoisotopic (exact) mass is 478 g/mol. The highest BCUT2D eigenvalue weighted by Gasteiger charge is 2.23. The molecule has 0 radical (unpaired) electrons. The predicted octanol–water partition coefficient (Wildman–Crippen LogP) is 3.26. The molecule has 0 aromatic carbocycles. The van der Waals surface area contributed by atoms with E-state index in [2.05, 4.69) is 20.3 Å². The van der Waals surface area contributed by atoms with Crippen LogP contribution >= 0.6 is 23.2 Å². The number of nitro groups is 1. The van der Waals surface area contributed by atoms with E-state index >= 15 is 0 Å². The first kappa shape index (κ1) is 26.8. The third kappa shape index (κ3) is 9.64. The normalized spacial score (nSPS) is 13.7. The van der Waals surface area contributed by atoms with Crippen LogP contribution in [-0.4, -0.2) is 59.3 Å². The Morgan fingerprint density at radius 3 is 2.58 bits per heavy atom. The molecule has 1 rings (SSSR count). The van der Waals surface area contributed by atoms with Crippen LogP contribution < -0.4 is 11.1 Å². The van der Waals surface area contributed by atoms with E-state index in [0.29, 0.717) is 30.5 Å². The Morgan fingerprint density at radius 2 is 2.00 bits per heavy atom. The fourth-order valence-electron chi connectivity index (χ4n) is 2.38. The summed E-state index contributed by atoms with van der Waals surface area (Å²) in [6.07, 6.45) is 1.25. The SMILES string of the molecule is CCOC(CN=C(C)C(=C(N)OCCC(C)Nc1nc(Cl)ncc1Cl)[N+](=O)[O-])OCC. The smallest absolute Gasteiger partial charge is 0.348 e. The zero-order valence-corrected chi connectivity index (χ0v) is 19.4. The van der Waals surface area contributed by atoms with Crippen LogP contribution in [0.5, 0.6) is 0 Å². The molecule has 1 unspecified atom stereocenters. The molecule has 0 spiro atoms. The second-order valence-electron chi connectivity index (χ2n) is 6.25. The summed E-state index contributed by atoms with van der Waals surface area (Å²) < 4.78 is 16.1. The molecule has 31 heavy (non-hydrogen) atoms. The molecular formula is C18H28Cl2N6O5. The fourth-order valence-corrected chi connectivity index (χ4v) is 2.66. The van der Waals surface area contributed by atoms with Crippen LogP contribution in [0.4, 0.5) is 5.82 Å². The van der Waals surface area contributed by atoms with E-state index in [1.54, 1.807) is 0 Å². The highest BCUT2D eigenvalue weighted by Crippen LogP contribution is 2.20. The van der Waals surface area contributed by atoms with Gasteiger partial charge in [0.2, 0.25) is 5.28 Å². The van der Waals surface area contributed by atoms with Gasteiger partial charge in [-0.2, -0.15) is 4.98 Å². The minimum Gasteiger partial charge on any atom is -0.474 e. The van der Waals surface area contributed by atoms with Gasteiger partial charge in [0, 0.05) is 25.7 Å². The fraction of sp³-hybridized carbons (Fsp3) is 0.611. The zero-order chi connectivity index (χ0) is 23.4. The number of halogens is 2. The van der Waals surface area contributed by atoms with E-state index in [1.165, 1.54) is 13.1 Å². The number of ether oxygens (including phenoxy) is 3. The number of rotatable bonds is 14. The van der Waals surface area contributed by atoms with Gasteiger partial charge in [-0.25, -0.2) is 4.98 Å². The van der Waals surface area contributed by atoms with Crippen molar-refractivity contribution in [1.29, 1.82) is 0 Å². The molecule has 0 amide bonds. The number of nitrogens with zero attached hydrogens (tertiary/aromatic N) is 4. The number of nitrogens with one attached hydrogen (secondary N) is 1. The molecular weight excluding hydrogens is 451 g/mol. The summed E-state index contributed by atoms with van der Waals surface area (Å²) in [5, 5.41) is 14.9. The van der Waals surface area contributed by atoms with Crippen molar-refractivity contribution in [3.05, 3.63) is 38.2 Å². The molecule has 174 valence electrons. The Kier molecular flexibility index (Phi) is 12.1. The molecule has 1 aromatic heterocycles. The van der Waals surface area contributed by atoms with Crippen molar-refractivity contribution in [2.24, 2.45) is 10.7 Å². The summed E-state index contributed by atoms with van der Waals surface area (Å²) in [6, 6.07) is -0.136. The lowest BCUT2D eigenvalue weighted by Gasteiger charge is -2.16. The van der Waals surface area contributed by atoms with Gasteiger partial charge in [0.15, 0.2) is 6.29 Å². The van der Waals surface area contributed by atoms with Crippen LogP contribution in [-0.2, 0) is 14.2 Å². The summed E-state index contributed by atoms with van der Waals surface area (Å²) in [4.78, 5) is 22.8. The first-order chi connectivity index (χ1) is 14.7. The highest BCUT2D eigenvalue weighted by molar-refractivity contribution is 6.33. The van der Waals surface area contributed by atoms with Crippen molar-refractivity contribution in [1.82, 2.24) is 9.97 Å². The second-order valence-corrected chi connectivity index (χ2v) is 7.00. The molecule has 0 aliphatic heterocycles. The van der Waals surface area contributed by atoms with E-state index in [-0.39, 0.29) is 36.1 Å². The Hall–Kier alpha value is -2.21. The molecule has 1 aromatic rings. The average molecular weight is 479 g/mol. The molecule has 0 saturated heterocycles. The van der Waals surface area contributed by atoms with Gasteiger partial charge >= 0.3 is 5.70 Å². The molecule has 0 bridgehead atoms. The zero-order valence-electron chi connectivity index (χ0n) is 17.9. The van der Waals surface area contributed by atoms with Crippen LogP contribution in [0.3, 0.4) is 0 Å². The van der Waals surface area contributed by atoms with Gasteiger partial charge in [-0.1, -0.05) is 11.6 Å². The lowest BCUT2D eigenvalue weighted by atomic mass is 10.2. The number of aromatic nitrogens is 2. The van der Waals surface area contributed by atoms with Crippen molar-refractivity contribution in [2.75, 3.05) is 31.7 Å². The lowest BCUT2D eigenvalue weighted by Crippen LogP contribution is -2.24. The number of hydrogen-bond donors (Lipinski definition) is 2. The van der Waals surface area contributed by atoms with Crippen LogP contribution in [0.2, 0.25) is 10.3 Å². The van der Waals surface area contributed by atoms with Gasteiger partial charge in [-0.3, -0.25) is 15.1 Å². The van der Waals surface area contributed by atoms with E-state index in [0.717, 1.165) is 0 Å². The Labute approximate surface area is 191 Å². The lowest BCUT2D eigenvalue weighted by molar-refractivity contribution is -0.418. The number of nitrogens with two attached hydrogens (primary N) is 1. The quantitative estimate of drug-likeness (QED) is 0.102. The van der Waals surface area contributed by atoms with Crippen molar-refractivity contribution >= 4 is 34.7 Å². The summed E-state index contributed by atoms with van der Waals surface area (Å²) in [7, 11) is 0. The van der Waals surface area contributed by atoms with Crippen molar-refractivity contribution in [3.63, 3.8) is 0 Å². The minimum atomic E-state index is -0.630. The standard InChI is InChI=1S/C18H28Cl2N6O5/c1-5-29-14(30-6-2)10-22-12(4)15(26(27)28)16(21)31-8-7-11(3)24-17-13(19)9-23-18(20)25-17/h9,11,14H,5-8,10,21H2,1-4H3,(H,23,24,25). The molecule has 0 aliphatic carbocycles. The number of hydrogen-bond acceptors (Lipinski definition) is 10. The minimum absolute atomic E-state index is 0.0591. The molecule has 0 saturated carbocycles. The van der Waals surface area contributed by atoms with Crippen LogP contribution in [0, 0.1) is 10.1 Å². The Bertz CT molecular complexity index is 787. The topological polar surface area (TPSA) is 147 Å². The maximum atomic E-state index is 11.5. The van der Waals surface area contributed by atoms with E-state index in [4.69, 9.17) is 43.1 Å². The Morgan fingerprint density at radius 1 is 1.35 bits per heavy atom. The Balaban J connectivity index is 2.72. The number of allylic oxidation sites excluding steroid dienone is 1. The summed E-state index contributed by atoms with van der Waals surface area (Å²) in [5.41, 5.74) is 5.53. The molecule has 0 fully saturated rings. The third-order valence-corrected chi connectivity index (χ3v) is 4.31. The van der Waals surface area contributed by atoms with E-state index in [1.807, 2.05) is 20.8 Å². The predicted molar refractivity (Wildman–Crippen MR) is 119 cm³/mol. The van der Waals surface area contributed by atoms with Crippen molar-refractivity contribution < 1.29 is 19.1 Å². The number of aliphatic imine (C=N–C) groups is 1. The molecule has 1 atom stereocenters. The largest absolute Gasteiger partial charge is 0.474 e. The summed E-state index contributed by atoms with van der Waals surface area (Å²) >= 11 is 11.8. The molecule has 1 heterocycles. The second kappa shape index (κ2) is 14.0. The molecule has 3 N–H and O–H groups in total. The van der Waals surface area contributed by atoms with Crippen LogP contribution in [0.15, 0.2) is 22.8 Å². The van der Waals surface area contributed by atoms with Gasteiger partial charge in [-0.05, 0) is 39.3 Å². The van der Waals surface area contributed by atoms with Gasteiger partial charge in [-0.15, -0.1) is 0 Å². The maximum Gasteiger partial charge on any atom is 0.348 e. The van der Waals surface area contributed by atoms with E-state index in [9.17, 15) is 10.1 Å². The molecule has 0 aliphatic rings. The van der Waals surface area contributed by atoms with E-state index < -0.39 is 16.9 Å². The summed E-state index contributed by atoms with van der Waals surface area (Å²) in [5.74, 6) is 0.0516. The first-order valence-corrected chi connectivity index (χ1v) is 10.4. The van der Waals surface area contributed by atoms with Gasteiger partial charge in [0.25, 0.3) is 5.88 Å². The van der Waals surface area contributed by atoms with Gasteiger partial charge in [0.05, 0.1) is 24.3 Å². The molecule has 11 nitrogen and oxygen atoms in total. The first-order valence-electron chi connectivity index (χ1n) is 9.65. The summed E-state index contributed by atoms with van der Waals surface area (Å²) in [6.45, 7) is 8.05. The average Bonchev–Trinajstić information content (AvgIpc) is 2.69. The van der Waals surface area contributed by atoms with Crippen LogP contribution in [0.1, 0.15) is 34.1 Å². The highest BCUT2D eigenvalue weighted by atomic mass is 35.5. The van der Waals surface area contributed by atoms with Gasteiger partial charge in [0.1, 0.15) is 16.6 Å². The van der Waals surface area contributed by atoms with Crippen molar-refractivity contribution in [3.8, 4) is 0 Å². The van der Waals surface area contributed by atoms with Crippen LogP contribution in [0.25, 0.3) is 0 Å². The van der Waals surface area contributed by atoms with Gasteiger partial charge < -0.3 is 25.3 Å².